The number of carbonyl (C=O) groups is 2. The number of amides is 2. The first-order valence-electron chi connectivity index (χ1n) is 12.2. The van der Waals surface area contributed by atoms with Crippen LogP contribution in [0.2, 0.25) is 0 Å². The Balaban J connectivity index is 1.50. The fourth-order valence-corrected chi connectivity index (χ4v) is 4.85. The number of rotatable bonds is 4. The van der Waals surface area contributed by atoms with Gasteiger partial charge in [0.15, 0.2) is 6.04 Å². The van der Waals surface area contributed by atoms with E-state index >= 15 is 0 Å². The number of carbonyl (C=O) groups excluding carboxylic acids is 2. The molecule has 0 spiro atoms. The monoisotopic (exact) mass is 461 g/mol. The van der Waals surface area contributed by atoms with E-state index in [1.54, 1.807) is 12.1 Å². The molecule has 33 heavy (non-hydrogen) atoms. The summed E-state index contributed by atoms with van der Waals surface area (Å²) in [5.41, 5.74) is -0.660. The van der Waals surface area contributed by atoms with Gasteiger partial charge in [-0.3, -0.25) is 14.6 Å². The van der Waals surface area contributed by atoms with E-state index in [1.165, 1.54) is 36.3 Å². The van der Waals surface area contributed by atoms with E-state index < -0.39 is 23.8 Å². The highest BCUT2D eigenvalue weighted by Crippen LogP contribution is 2.29. The summed E-state index contributed by atoms with van der Waals surface area (Å²) < 4.78 is 25.1. The van der Waals surface area contributed by atoms with Crippen LogP contribution in [-0.4, -0.2) is 83.2 Å². The SMILES string of the molecule is CC(C)(C)OC(=O)N1CC[C@@H](Oc2ccc(F)cc2)[C@H]1C(=O)N1CCCN(C2CCC2)CC1. The Kier molecular flexibility index (Phi) is 7.12. The van der Waals surface area contributed by atoms with E-state index in [0.29, 0.717) is 37.8 Å². The molecular weight excluding hydrogens is 425 g/mol. The lowest BCUT2D eigenvalue weighted by molar-refractivity contribution is -0.138. The van der Waals surface area contributed by atoms with E-state index in [0.717, 1.165) is 19.5 Å². The fourth-order valence-electron chi connectivity index (χ4n) is 4.85. The highest BCUT2D eigenvalue weighted by molar-refractivity contribution is 5.87. The molecule has 1 aromatic carbocycles. The molecule has 2 heterocycles. The molecule has 0 radical (unpaired) electrons. The average Bonchev–Trinajstić information content (AvgIpc) is 2.97. The largest absolute Gasteiger partial charge is 0.488 e. The average molecular weight is 462 g/mol. The molecule has 3 aliphatic rings. The Morgan fingerprint density at radius 2 is 1.67 bits per heavy atom. The van der Waals surface area contributed by atoms with Gasteiger partial charge in [-0.1, -0.05) is 6.42 Å². The molecule has 3 fully saturated rings. The van der Waals surface area contributed by atoms with Crippen molar-refractivity contribution in [1.82, 2.24) is 14.7 Å². The van der Waals surface area contributed by atoms with Crippen molar-refractivity contribution in [2.75, 3.05) is 32.7 Å². The number of benzene rings is 1. The van der Waals surface area contributed by atoms with Crippen molar-refractivity contribution < 1.29 is 23.5 Å². The van der Waals surface area contributed by atoms with E-state index in [9.17, 15) is 14.0 Å². The molecule has 182 valence electrons. The van der Waals surface area contributed by atoms with Crippen molar-refractivity contribution in [3.8, 4) is 5.75 Å². The third kappa shape index (κ3) is 5.78. The topological polar surface area (TPSA) is 62.3 Å². The smallest absolute Gasteiger partial charge is 0.411 e. The molecule has 2 aliphatic heterocycles. The zero-order valence-electron chi connectivity index (χ0n) is 20.0. The van der Waals surface area contributed by atoms with Gasteiger partial charge < -0.3 is 14.4 Å². The molecule has 1 aromatic rings. The molecule has 0 bridgehead atoms. The molecular formula is C25H36FN3O4. The van der Waals surface area contributed by atoms with E-state index in [-0.39, 0.29) is 11.7 Å². The summed E-state index contributed by atoms with van der Waals surface area (Å²) in [5.74, 6) is 0.0376. The minimum absolute atomic E-state index is 0.0964. The summed E-state index contributed by atoms with van der Waals surface area (Å²) in [6.07, 6.45) is 4.20. The van der Waals surface area contributed by atoms with Crippen LogP contribution in [0, 0.1) is 5.82 Å². The summed E-state index contributed by atoms with van der Waals surface area (Å²) in [6, 6.07) is 5.65. The van der Waals surface area contributed by atoms with E-state index in [1.807, 2.05) is 25.7 Å². The molecule has 2 saturated heterocycles. The number of hydrogen-bond acceptors (Lipinski definition) is 5. The van der Waals surface area contributed by atoms with Gasteiger partial charge in [0.1, 0.15) is 23.3 Å². The van der Waals surface area contributed by atoms with Crippen molar-refractivity contribution in [2.24, 2.45) is 0 Å². The van der Waals surface area contributed by atoms with Gasteiger partial charge in [0.25, 0.3) is 0 Å². The van der Waals surface area contributed by atoms with Gasteiger partial charge in [0, 0.05) is 45.2 Å². The first-order valence-corrected chi connectivity index (χ1v) is 12.2. The van der Waals surface area contributed by atoms with Crippen molar-refractivity contribution in [1.29, 1.82) is 0 Å². The van der Waals surface area contributed by atoms with Gasteiger partial charge >= 0.3 is 6.09 Å². The summed E-state index contributed by atoms with van der Waals surface area (Å²) >= 11 is 0. The highest BCUT2D eigenvalue weighted by atomic mass is 19.1. The van der Waals surface area contributed by atoms with Gasteiger partial charge in [-0.05, 0) is 64.3 Å². The lowest BCUT2D eigenvalue weighted by Gasteiger charge is -2.37. The zero-order chi connectivity index (χ0) is 23.6. The Hall–Kier alpha value is -2.35. The molecule has 1 aliphatic carbocycles. The Morgan fingerprint density at radius 3 is 2.30 bits per heavy atom. The molecule has 0 aromatic heterocycles. The van der Waals surface area contributed by atoms with Crippen LogP contribution in [-0.2, 0) is 9.53 Å². The summed E-state index contributed by atoms with van der Waals surface area (Å²) in [4.78, 5) is 32.6. The first kappa shape index (κ1) is 23.8. The highest BCUT2D eigenvalue weighted by Gasteiger charge is 2.46. The van der Waals surface area contributed by atoms with Crippen molar-refractivity contribution in [2.45, 2.75) is 76.7 Å². The van der Waals surface area contributed by atoms with Crippen LogP contribution in [0.3, 0.4) is 0 Å². The number of halogens is 1. The maximum Gasteiger partial charge on any atom is 0.411 e. The summed E-state index contributed by atoms with van der Waals surface area (Å²) in [5, 5.41) is 0. The minimum Gasteiger partial charge on any atom is -0.488 e. The molecule has 4 rings (SSSR count). The second-order valence-electron chi connectivity index (χ2n) is 10.3. The lowest BCUT2D eigenvalue weighted by Crippen LogP contribution is -2.54. The van der Waals surface area contributed by atoms with Gasteiger partial charge in [0.05, 0.1) is 0 Å². The molecule has 2 atom stereocenters. The quantitative estimate of drug-likeness (QED) is 0.685. The Labute approximate surface area is 195 Å². The van der Waals surface area contributed by atoms with Crippen LogP contribution < -0.4 is 4.74 Å². The van der Waals surface area contributed by atoms with Crippen LogP contribution in [0.25, 0.3) is 0 Å². The van der Waals surface area contributed by atoms with Crippen LogP contribution >= 0.6 is 0 Å². The van der Waals surface area contributed by atoms with Crippen LogP contribution in [0.15, 0.2) is 24.3 Å². The third-order valence-electron chi connectivity index (χ3n) is 6.76. The molecule has 7 nitrogen and oxygen atoms in total. The van der Waals surface area contributed by atoms with Crippen LogP contribution in [0.1, 0.15) is 52.9 Å². The van der Waals surface area contributed by atoms with E-state index in [4.69, 9.17) is 9.47 Å². The maximum absolute atomic E-state index is 13.8. The predicted octanol–water partition coefficient (Wildman–Crippen LogP) is 3.67. The number of likely N-dealkylation sites (tertiary alicyclic amines) is 1. The molecule has 2 amide bonds. The zero-order valence-corrected chi connectivity index (χ0v) is 20.0. The molecule has 0 N–H and O–H groups in total. The van der Waals surface area contributed by atoms with Gasteiger partial charge in [-0.2, -0.15) is 0 Å². The van der Waals surface area contributed by atoms with Crippen LogP contribution in [0.4, 0.5) is 9.18 Å². The lowest BCUT2D eigenvalue weighted by atomic mass is 9.91. The van der Waals surface area contributed by atoms with Crippen LogP contribution in [0.5, 0.6) is 5.75 Å². The third-order valence-corrected chi connectivity index (χ3v) is 6.76. The minimum atomic E-state index is -0.764. The van der Waals surface area contributed by atoms with E-state index in [2.05, 4.69) is 4.90 Å². The predicted molar refractivity (Wildman–Crippen MR) is 123 cm³/mol. The van der Waals surface area contributed by atoms with Gasteiger partial charge in [0.2, 0.25) is 5.91 Å². The molecule has 0 unspecified atom stereocenters. The summed E-state index contributed by atoms with van der Waals surface area (Å²) in [7, 11) is 0. The maximum atomic E-state index is 13.8. The number of ether oxygens (including phenoxy) is 2. The molecule has 8 heteroatoms. The number of hydrogen-bond donors (Lipinski definition) is 0. The molecule has 1 saturated carbocycles. The normalized spacial score (nSPS) is 24.8. The standard InChI is InChI=1S/C25H36FN3O4/c1-25(2,3)33-24(31)29-15-12-21(32-20-10-8-18(26)9-11-20)22(29)23(30)28-14-5-13-27(16-17-28)19-6-4-7-19/h8-11,19,21-22H,4-7,12-17H2,1-3H3/t21-,22+/m1/s1. The first-order chi connectivity index (χ1) is 15.7. The fraction of sp³-hybridized carbons (Fsp3) is 0.680. The number of nitrogens with zero attached hydrogens (tertiary/aromatic N) is 3. The van der Waals surface area contributed by atoms with Gasteiger partial charge in [-0.25, -0.2) is 9.18 Å². The summed E-state index contributed by atoms with van der Waals surface area (Å²) in [6.45, 7) is 9.00. The second-order valence-corrected chi connectivity index (χ2v) is 10.3. The van der Waals surface area contributed by atoms with Gasteiger partial charge in [-0.15, -0.1) is 0 Å². The Morgan fingerprint density at radius 1 is 0.939 bits per heavy atom. The van der Waals surface area contributed by atoms with Crippen molar-refractivity contribution in [3.63, 3.8) is 0 Å². The second kappa shape index (κ2) is 9.87. The van der Waals surface area contributed by atoms with Crippen molar-refractivity contribution in [3.05, 3.63) is 30.1 Å². The van der Waals surface area contributed by atoms with Crippen molar-refractivity contribution >= 4 is 12.0 Å². The Bertz CT molecular complexity index is 837.